The van der Waals surface area contributed by atoms with Crippen molar-refractivity contribution in [1.29, 1.82) is 0 Å². The number of amides is 1. The van der Waals surface area contributed by atoms with Crippen molar-refractivity contribution in [2.24, 2.45) is 0 Å². The van der Waals surface area contributed by atoms with Gasteiger partial charge in [-0.05, 0) is 55.5 Å². The number of aryl methyl sites for hydroxylation is 1. The number of carbonyl (C=O) groups excluding carboxylic acids is 1. The van der Waals surface area contributed by atoms with Gasteiger partial charge in [0.1, 0.15) is 5.82 Å². The van der Waals surface area contributed by atoms with Crippen LogP contribution in [-0.2, 0) is 0 Å². The van der Waals surface area contributed by atoms with Crippen molar-refractivity contribution >= 4 is 50.0 Å². The Kier molecular flexibility index (Phi) is 5.22. The van der Waals surface area contributed by atoms with Gasteiger partial charge in [0.05, 0.1) is 27.2 Å². The smallest absolute Gasteiger partial charge is 0.265 e. The van der Waals surface area contributed by atoms with Crippen LogP contribution in [0.1, 0.15) is 16.2 Å². The summed E-state index contributed by atoms with van der Waals surface area (Å²) in [5.74, 6) is 0.223. The maximum atomic E-state index is 13.0. The molecule has 0 radical (unpaired) electrons. The minimum atomic E-state index is -0.339. The summed E-state index contributed by atoms with van der Waals surface area (Å²) in [5.41, 5.74) is 2.01. The van der Waals surface area contributed by atoms with Crippen LogP contribution in [0.5, 0.6) is 0 Å². The summed E-state index contributed by atoms with van der Waals surface area (Å²) in [4.78, 5) is 30.2. The molecule has 0 bridgehead atoms. The third kappa shape index (κ3) is 3.81. The highest BCUT2D eigenvalue weighted by atomic mass is 79.9. The zero-order chi connectivity index (χ0) is 20.5. The van der Waals surface area contributed by atoms with Gasteiger partial charge in [-0.3, -0.25) is 14.2 Å². The summed E-state index contributed by atoms with van der Waals surface area (Å²) in [6, 6.07) is 19.4. The lowest BCUT2D eigenvalue weighted by Crippen LogP contribution is -2.22. The van der Waals surface area contributed by atoms with Gasteiger partial charge in [-0.1, -0.05) is 45.7 Å². The largest absolute Gasteiger partial charge is 0.322 e. The van der Waals surface area contributed by atoms with Crippen LogP contribution >= 0.6 is 27.5 Å². The fourth-order valence-corrected chi connectivity index (χ4v) is 3.70. The third-order valence-corrected chi connectivity index (χ3v) is 5.30. The molecule has 1 aromatic heterocycles. The van der Waals surface area contributed by atoms with Gasteiger partial charge in [-0.25, -0.2) is 4.98 Å². The third-order valence-electron chi connectivity index (χ3n) is 4.48. The van der Waals surface area contributed by atoms with Crippen molar-refractivity contribution in [2.75, 3.05) is 5.32 Å². The Morgan fingerprint density at radius 2 is 1.86 bits per heavy atom. The zero-order valence-corrected chi connectivity index (χ0v) is 17.7. The van der Waals surface area contributed by atoms with Gasteiger partial charge >= 0.3 is 0 Å². The first kappa shape index (κ1) is 19.4. The van der Waals surface area contributed by atoms with Crippen molar-refractivity contribution in [3.8, 4) is 5.69 Å². The van der Waals surface area contributed by atoms with E-state index in [9.17, 15) is 9.59 Å². The Morgan fingerprint density at radius 1 is 1.07 bits per heavy atom. The number of halogens is 2. The van der Waals surface area contributed by atoms with Gasteiger partial charge in [0.2, 0.25) is 0 Å². The standard InChI is InChI=1S/C22H15BrClN3O2/c1-13-25-20-8-3-2-7-17(20)22(29)27(13)16-6-4-5-15(12-16)26-21(28)18-11-14(23)9-10-19(18)24/h2-12H,1H3,(H,26,28). The maximum Gasteiger partial charge on any atom is 0.265 e. The van der Waals surface area contributed by atoms with Gasteiger partial charge in [0.25, 0.3) is 11.5 Å². The Balaban J connectivity index is 1.73. The lowest BCUT2D eigenvalue weighted by Gasteiger charge is -2.13. The van der Waals surface area contributed by atoms with Crippen LogP contribution in [0.4, 0.5) is 5.69 Å². The van der Waals surface area contributed by atoms with Crippen molar-refractivity contribution in [2.45, 2.75) is 6.92 Å². The number of anilines is 1. The molecule has 144 valence electrons. The van der Waals surface area contributed by atoms with Crippen LogP contribution in [0.3, 0.4) is 0 Å². The van der Waals surface area contributed by atoms with E-state index in [4.69, 9.17) is 11.6 Å². The number of hydrogen-bond donors (Lipinski definition) is 1. The molecule has 0 saturated heterocycles. The average molecular weight is 469 g/mol. The molecule has 4 aromatic rings. The minimum absolute atomic E-state index is 0.161. The molecular weight excluding hydrogens is 454 g/mol. The number of hydrogen-bond acceptors (Lipinski definition) is 3. The lowest BCUT2D eigenvalue weighted by molar-refractivity contribution is 0.102. The maximum absolute atomic E-state index is 13.0. The molecule has 0 aliphatic rings. The molecule has 0 spiro atoms. The van der Waals surface area contributed by atoms with Crippen LogP contribution in [-0.4, -0.2) is 15.5 Å². The number of carbonyl (C=O) groups is 1. The molecule has 0 unspecified atom stereocenters. The van der Waals surface area contributed by atoms with Crippen LogP contribution in [0.2, 0.25) is 5.02 Å². The topological polar surface area (TPSA) is 64.0 Å². The molecule has 29 heavy (non-hydrogen) atoms. The van der Waals surface area contributed by atoms with Gasteiger partial charge < -0.3 is 5.32 Å². The van der Waals surface area contributed by atoms with Gasteiger partial charge in [-0.15, -0.1) is 0 Å². The van der Waals surface area contributed by atoms with Crippen molar-refractivity contribution < 1.29 is 4.79 Å². The second-order valence-electron chi connectivity index (χ2n) is 6.45. The second-order valence-corrected chi connectivity index (χ2v) is 7.77. The molecule has 1 amide bonds. The molecule has 7 heteroatoms. The van der Waals surface area contributed by atoms with E-state index >= 15 is 0 Å². The number of fused-ring (bicyclic) bond motifs is 1. The summed E-state index contributed by atoms with van der Waals surface area (Å²) in [6.07, 6.45) is 0. The molecule has 0 saturated carbocycles. The molecule has 0 aliphatic heterocycles. The molecule has 0 fully saturated rings. The van der Waals surface area contributed by atoms with E-state index < -0.39 is 0 Å². The Morgan fingerprint density at radius 3 is 2.69 bits per heavy atom. The summed E-state index contributed by atoms with van der Waals surface area (Å²) < 4.78 is 2.29. The number of nitrogens with one attached hydrogen (secondary N) is 1. The molecular formula is C22H15BrClN3O2. The molecule has 1 heterocycles. The number of rotatable bonds is 3. The summed E-state index contributed by atoms with van der Waals surface area (Å²) >= 11 is 9.49. The van der Waals surface area contributed by atoms with Crippen molar-refractivity contribution in [1.82, 2.24) is 9.55 Å². The molecule has 5 nitrogen and oxygen atoms in total. The Labute approximate surface area is 180 Å². The van der Waals surface area contributed by atoms with E-state index in [0.29, 0.717) is 38.7 Å². The fourth-order valence-electron chi connectivity index (χ4n) is 3.14. The number of aromatic nitrogens is 2. The summed E-state index contributed by atoms with van der Waals surface area (Å²) in [6.45, 7) is 1.78. The zero-order valence-electron chi connectivity index (χ0n) is 15.3. The van der Waals surface area contributed by atoms with E-state index in [1.807, 2.05) is 18.2 Å². The minimum Gasteiger partial charge on any atom is -0.322 e. The molecule has 0 aliphatic carbocycles. The van der Waals surface area contributed by atoms with E-state index in [2.05, 4.69) is 26.2 Å². The molecule has 3 aromatic carbocycles. The fraction of sp³-hybridized carbons (Fsp3) is 0.0455. The Bertz CT molecular complexity index is 1320. The second kappa shape index (κ2) is 7.81. The van der Waals surface area contributed by atoms with E-state index in [1.165, 1.54) is 4.57 Å². The van der Waals surface area contributed by atoms with Gasteiger partial charge in [0, 0.05) is 10.2 Å². The number of para-hydroxylation sites is 1. The van der Waals surface area contributed by atoms with Gasteiger partial charge in [-0.2, -0.15) is 0 Å². The number of benzene rings is 3. The van der Waals surface area contributed by atoms with Crippen LogP contribution in [0.25, 0.3) is 16.6 Å². The van der Waals surface area contributed by atoms with E-state index in [1.54, 1.807) is 55.5 Å². The highest BCUT2D eigenvalue weighted by molar-refractivity contribution is 9.10. The van der Waals surface area contributed by atoms with Crippen molar-refractivity contribution in [3.05, 3.63) is 98.0 Å². The Hall–Kier alpha value is -2.96. The predicted octanol–water partition coefficient (Wildman–Crippen LogP) is 5.36. The molecule has 1 N–H and O–H groups in total. The van der Waals surface area contributed by atoms with Crippen LogP contribution < -0.4 is 10.9 Å². The SMILES string of the molecule is Cc1nc2ccccc2c(=O)n1-c1cccc(NC(=O)c2cc(Br)ccc2Cl)c1. The van der Waals surface area contributed by atoms with E-state index in [0.717, 1.165) is 4.47 Å². The van der Waals surface area contributed by atoms with Crippen molar-refractivity contribution in [3.63, 3.8) is 0 Å². The number of nitrogens with zero attached hydrogens (tertiary/aromatic N) is 2. The average Bonchev–Trinajstić information content (AvgIpc) is 2.70. The lowest BCUT2D eigenvalue weighted by atomic mass is 10.2. The van der Waals surface area contributed by atoms with Gasteiger partial charge in [0.15, 0.2) is 0 Å². The summed E-state index contributed by atoms with van der Waals surface area (Å²) in [7, 11) is 0. The van der Waals surface area contributed by atoms with Crippen LogP contribution in [0.15, 0.2) is 76.0 Å². The molecule has 0 atom stereocenters. The summed E-state index contributed by atoms with van der Waals surface area (Å²) in [5, 5.41) is 3.72. The normalized spacial score (nSPS) is 10.9. The quantitative estimate of drug-likeness (QED) is 0.440. The molecule has 4 rings (SSSR count). The predicted molar refractivity (Wildman–Crippen MR) is 119 cm³/mol. The van der Waals surface area contributed by atoms with Crippen LogP contribution in [0, 0.1) is 6.92 Å². The first-order valence-electron chi connectivity index (χ1n) is 8.79. The first-order chi connectivity index (χ1) is 13.9. The van der Waals surface area contributed by atoms with E-state index in [-0.39, 0.29) is 11.5 Å². The first-order valence-corrected chi connectivity index (χ1v) is 9.96. The highest BCUT2D eigenvalue weighted by Crippen LogP contribution is 2.23. The highest BCUT2D eigenvalue weighted by Gasteiger charge is 2.13. The monoisotopic (exact) mass is 467 g/mol.